The van der Waals surface area contributed by atoms with Crippen molar-refractivity contribution in [2.45, 2.75) is 25.7 Å². The highest BCUT2D eigenvalue weighted by molar-refractivity contribution is 7.14. The summed E-state index contributed by atoms with van der Waals surface area (Å²) in [7, 11) is 0. The summed E-state index contributed by atoms with van der Waals surface area (Å²) in [5, 5.41) is 6.69. The summed E-state index contributed by atoms with van der Waals surface area (Å²) in [6, 6.07) is 9.88. The largest absolute Gasteiger partial charge is 0.454 e. The molecule has 1 amide bonds. The Labute approximate surface area is 155 Å². The summed E-state index contributed by atoms with van der Waals surface area (Å²) in [5.74, 6) is 1.33. The summed E-state index contributed by atoms with van der Waals surface area (Å²) in [6.45, 7) is 1.35. The van der Waals surface area contributed by atoms with Crippen LogP contribution in [-0.2, 0) is 9.53 Å². The van der Waals surface area contributed by atoms with Gasteiger partial charge in [0.25, 0.3) is 0 Å². The monoisotopic (exact) mass is 368 g/mol. The first-order valence-corrected chi connectivity index (χ1v) is 9.96. The van der Waals surface area contributed by atoms with Crippen LogP contribution in [0.4, 0.5) is 5.13 Å². The minimum atomic E-state index is -0.274. The van der Waals surface area contributed by atoms with E-state index >= 15 is 0 Å². The lowest BCUT2D eigenvalue weighted by Gasteiger charge is -2.35. The molecule has 6 heteroatoms. The molecule has 0 atom stereocenters. The zero-order chi connectivity index (χ0) is 17.6. The van der Waals surface area contributed by atoms with E-state index in [1.54, 1.807) is 0 Å². The molecule has 1 saturated carbocycles. The molecule has 0 spiro atoms. The normalized spacial score (nSPS) is 19.5. The number of para-hydroxylation sites is 1. The van der Waals surface area contributed by atoms with E-state index in [4.69, 9.17) is 9.15 Å². The summed E-state index contributed by atoms with van der Waals surface area (Å²) in [5.41, 5.74) is 1.33. The molecule has 1 aliphatic heterocycles. The Kier molecular flexibility index (Phi) is 3.83. The number of ether oxygens (including phenoxy) is 1. The van der Waals surface area contributed by atoms with Gasteiger partial charge in [-0.2, -0.15) is 0 Å². The van der Waals surface area contributed by atoms with E-state index in [1.807, 2.05) is 35.7 Å². The molecular formula is C20H20N2O3S. The molecule has 3 aromatic rings. The quantitative estimate of drug-likeness (QED) is 0.725. The van der Waals surface area contributed by atoms with Crippen molar-refractivity contribution in [3.8, 4) is 11.5 Å². The molecule has 5 rings (SSSR count). The molecule has 0 bridgehead atoms. The van der Waals surface area contributed by atoms with Crippen molar-refractivity contribution < 1.29 is 13.9 Å². The van der Waals surface area contributed by atoms with Crippen LogP contribution in [0, 0.1) is 11.3 Å². The molecule has 5 nitrogen and oxygen atoms in total. The smallest absolute Gasteiger partial charge is 0.232 e. The number of amides is 1. The van der Waals surface area contributed by atoms with Crippen molar-refractivity contribution in [2.75, 3.05) is 18.5 Å². The molecule has 1 aromatic carbocycles. The number of fused-ring (bicyclic) bond motifs is 1. The van der Waals surface area contributed by atoms with Crippen molar-refractivity contribution >= 4 is 33.3 Å². The van der Waals surface area contributed by atoms with E-state index in [2.05, 4.69) is 10.3 Å². The first-order valence-electron chi connectivity index (χ1n) is 9.08. The Morgan fingerprint density at radius 1 is 1.23 bits per heavy atom. The van der Waals surface area contributed by atoms with Crippen LogP contribution >= 0.6 is 11.3 Å². The number of aromatic nitrogens is 1. The molecule has 2 aliphatic rings. The summed E-state index contributed by atoms with van der Waals surface area (Å²) < 4.78 is 11.4. The number of anilines is 1. The minimum Gasteiger partial charge on any atom is -0.454 e. The van der Waals surface area contributed by atoms with Crippen LogP contribution in [0.3, 0.4) is 0 Å². The van der Waals surface area contributed by atoms with Crippen molar-refractivity contribution in [1.29, 1.82) is 0 Å². The SMILES string of the molecule is O=C(Nc1nc(-c2cc3ccccc3o2)cs1)C1(C2CC2)CCOCC1. The topological polar surface area (TPSA) is 64.4 Å². The highest BCUT2D eigenvalue weighted by atomic mass is 32.1. The summed E-state index contributed by atoms with van der Waals surface area (Å²) in [6.07, 6.45) is 3.92. The number of hydrogen-bond donors (Lipinski definition) is 1. The molecule has 26 heavy (non-hydrogen) atoms. The highest BCUT2D eigenvalue weighted by Gasteiger charge is 2.51. The number of benzene rings is 1. The fourth-order valence-electron chi connectivity index (χ4n) is 3.97. The van der Waals surface area contributed by atoms with Gasteiger partial charge in [0.1, 0.15) is 11.3 Å². The van der Waals surface area contributed by atoms with Gasteiger partial charge in [0, 0.05) is 24.0 Å². The predicted octanol–water partition coefficient (Wildman–Crippen LogP) is 4.70. The second-order valence-corrected chi connectivity index (χ2v) is 8.04. The van der Waals surface area contributed by atoms with E-state index in [-0.39, 0.29) is 11.3 Å². The fourth-order valence-corrected chi connectivity index (χ4v) is 4.66. The maximum Gasteiger partial charge on any atom is 0.232 e. The number of furan rings is 1. The van der Waals surface area contributed by atoms with Crippen LogP contribution in [0.25, 0.3) is 22.4 Å². The Balaban J connectivity index is 1.37. The number of nitrogens with zero attached hydrogens (tertiary/aromatic N) is 1. The molecule has 1 saturated heterocycles. The molecule has 0 unspecified atom stereocenters. The molecule has 134 valence electrons. The van der Waals surface area contributed by atoms with Crippen molar-refractivity contribution in [2.24, 2.45) is 11.3 Å². The van der Waals surface area contributed by atoms with E-state index in [0.29, 0.717) is 24.3 Å². The lowest BCUT2D eigenvalue weighted by Crippen LogP contribution is -2.42. The van der Waals surface area contributed by atoms with E-state index in [1.165, 1.54) is 11.3 Å². The third-order valence-corrected chi connectivity index (χ3v) is 6.36. The second-order valence-electron chi connectivity index (χ2n) is 7.18. The number of carbonyl (C=O) groups excluding carboxylic acids is 1. The third-order valence-electron chi connectivity index (χ3n) is 5.60. The molecule has 1 aliphatic carbocycles. The zero-order valence-electron chi connectivity index (χ0n) is 14.4. The van der Waals surface area contributed by atoms with Crippen LogP contribution in [0.15, 0.2) is 40.1 Å². The molecule has 0 radical (unpaired) electrons. The second kappa shape index (κ2) is 6.21. The van der Waals surface area contributed by atoms with Gasteiger partial charge in [-0.15, -0.1) is 11.3 Å². The first kappa shape index (κ1) is 16.0. The maximum atomic E-state index is 13.0. The summed E-state index contributed by atoms with van der Waals surface area (Å²) in [4.78, 5) is 17.6. The first-order chi connectivity index (χ1) is 12.7. The number of thiazole rings is 1. The van der Waals surface area contributed by atoms with Crippen LogP contribution in [0.5, 0.6) is 0 Å². The predicted molar refractivity (Wildman–Crippen MR) is 101 cm³/mol. The minimum absolute atomic E-state index is 0.105. The van der Waals surface area contributed by atoms with Crippen LogP contribution in [0.1, 0.15) is 25.7 Å². The van der Waals surface area contributed by atoms with Crippen molar-refractivity contribution in [3.05, 3.63) is 35.7 Å². The van der Waals surface area contributed by atoms with Gasteiger partial charge >= 0.3 is 0 Å². The van der Waals surface area contributed by atoms with Crippen molar-refractivity contribution in [1.82, 2.24) is 4.98 Å². The highest BCUT2D eigenvalue weighted by Crippen LogP contribution is 2.52. The van der Waals surface area contributed by atoms with E-state index in [9.17, 15) is 4.79 Å². The Bertz CT molecular complexity index is 918. The average molecular weight is 368 g/mol. The maximum absolute atomic E-state index is 13.0. The number of rotatable bonds is 4. The molecule has 1 N–H and O–H groups in total. The molecular weight excluding hydrogens is 348 g/mol. The zero-order valence-corrected chi connectivity index (χ0v) is 15.2. The Morgan fingerprint density at radius 2 is 2.04 bits per heavy atom. The lowest BCUT2D eigenvalue weighted by molar-refractivity contribution is -0.132. The molecule has 2 aromatic heterocycles. The van der Waals surface area contributed by atoms with Crippen molar-refractivity contribution in [3.63, 3.8) is 0 Å². The molecule has 2 fully saturated rings. The van der Waals surface area contributed by atoms with Crippen LogP contribution in [-0.4, -0.2) is 24.1 Å². The van der Waals surface area contributed by atoms with Gasteiger partial charge in [0.15, 0.2) is 10.9 Å². The van der Waals surface area contributed by atoms with Gasteiger partial charge in [-0.3, -0.25) is 4.79 Å². The Hall–Kier alpha value is -2.18. The van der Waals surface area contributed by atoms with Gasteiger partial charge in [0.05, 0.1) is 5.41 Å². The van der Waals surface area contributed by atoms with Gasteiger partial charge in [-0.25, -0.2) is 4.98 Å². The standard InChI is InChI=1S/C20H20N2O3S/c23-18(20(14-5-6-14)7-9-24-10-8-20)22-19-21-15(12-26-19)17-11-13-3-1-2-4-16(13)25-17/h1-4,11-12,14H,5-10H2,(H,21,22,23). The van der Waals surface area contributed by atoms with E-state index in [0.717, 1.165) is 48.1 Å². The van der Waals surface area contributed by atoms with Gasteiger partial charge in [-0.1, -0.05) is 18.2 Å². The van der Waals surface area contributed by atoms with Gasteiger partial charge < -0.3 is 14.5 Å². The summed E-state index contributed by atoms with van der Waals surface area (Å²) >= 11 is 1.44. The van der Waals surface area contributed by atoms with E-state index < -0.39 is 0 Å². The van der Waals surface area contributed by atoms with Gasteiger partial charge in [0.2, 0.25) is 5.91 Å². The van der Waals surface area contributed by atoms with Crippen LogP contribution in [0.2, 0.25) is 0 Å². The molecule has 3 heterocycles. The number of nitrogens with one attached hydrogen (secondary N) is 1. The number of carbonyl (C=O) groups is 1. The Morgan fingerprint density at radius 3 is 2.81 bits per heavy atom. The van der Waals surface area contributed by atoms with Gasteiger partial charge in [-0.05, 0) is 43.7 Å². The lowest BCUT2D eigenvalue weighted by atomic mass is 9.75. The fraction of sp³-hybridized carbons (Fsp3) is 0.400. The van der Waals surface area contributed by atoms with Crippen LogP contribution < -0.4 is 5.32 Å². The average Bonchev–Trinajstić information content (AvgIpc) is 3.28. The number of hydrogen-bond acceptors (Lipinski definition) is 5. The third kappa shape index (κ3) is 2.73.